The van der Waals surface area contributed by atoms with Gasteiger partial charge in [-0.05, 0) is 56.1 Å². The highest BCUT2D eigenvalue weighted by molar-refractivity contribution is 8.00. The van der Waals surface area contributed by atoms with Crippen LogP contribution in [-0.4, -0.2) is 27.6 Å². The van der Waals surface area contributed by atoms with Crippen LogP contribution in [0.25, 0.3) is 61.7 Å². The van der Waals surface area contributed by atoms with Gasteiger partial charge in [-0.15, -0.1) is 0 Å². The molecule has 0 spiro atoms. The highest BCUT2D eigenvalue weighted by atomic mass is 32.2. The highest BCUT2D eigenvalue weighted by Crippen LogP contribution is 2.37. The van der Waals surface area contributed by atoms with Crippen molar-refractivity contribution >= 4 is 62.4 Å². The van der Waals surface area contributed by atoms with Crippen molar-refractivity contribution in [2.45, 2.75) is 9.79 Å². The number of hydrogen-bond donors (Lipinski definition) is 0. The van der Waals surface area contributed by atoms with Crippen molar-refractivity contribution in [1.29, 1.82) is 0 Å². The molecular formula is C51H34N4SSi. The van der Waals surface area contributed by atoms with Crippen molar-refractivity contribution in [2.24, 2.45) is 0 Å². The zero-order chi connectivity index (χ0) is 37.8. The molecule has 0 saturated carbocycles. The van der Waals surface area contributed by atoms with Crippen molar-refractivity contribution < 1.29 is 0 Å². The molecule has 6 heteroatoms. The summed E-state index contributed by atoms with van der Waals surface area (Å²) in [4.78, 5) is 18.5. The van der Waals surface area contributed by atoms with Gasteiger partial charge in [0.15, 0.2) is 19.7 Å². The Morgan fingerprint density at radius 2 is 0.930 bits per heavy atom. The molecule has 57 heavy (non-hydrogen) atoms. The summed E-state index contributed by atoms with van der Waals surface area (Å²) in [7, 11) is -2.83. The van der Waals surface area contributed by atoms with E-state index in [4.69, 9.17) is 15.0 Å². The van der Waals surface area contributed by atoms with E-state index in [1.807, 2.05) is 36.0 Å². The van der Waals surface area contributed by atoms with Crippen LogP contribution < -0.4 is 20.7 Å². The fourth-order valence-electron chi connectivity index (χ4n) is 8.74. The first kappa shape index (κ1) is 33.5. The van der Waals surface area contributed by atoms with E-state index in [9.17, 15) is 0 Å². The molecule has 0 saturated heterocycles. The lowest BCUT2D eigenvalue weighted by Gasteiger charge is -2.39. The Morgan fingerprint density at radius 1 is 0.386 bits per heavy atom. The second-order valence-corrected chi connectivity index (χ2v) is 19.2. The van der Waals surface area contributed by atoms with Gasteiger partial charge in [-0.2, -0.15) is 9.97 Å². The van der Waals surface area contributed by atoms with Gasteiger partial charge < -0.3 is 0 Å². The zero-order valence-corrected chi connectivity index (χ0v) is 32.6. The van der Waals surface area contributed by atoms with Crippen molar-refractivity contribution in [2.75, 3.05) is 0 Å². The topological polar surface area (TPSA) is 43.6 Å². The second kappa shape index (κ2) is 13.7. The van der Waals surface area contributed by atoms with Gasteiger partial charge in [-0.25, -0.2) is 4.98 Å². The minimum absolute atomic E-state index is 0.584. The predicted octanol–water partition coefficient (Wildman–Crippen LogP) is 9.81. The van der Waals surface area contributed by atoms with Crippen molar-refractivity contribution in [3.8, 4) is 39.9 Å². The summed E-state index contributed by atoms with van der Waals surface area (Å²) in [6.45, 7) is 0. The van der Waals surface area contributed by atoms with Gasteiger partial charge >= 0.3 is 0 Å². The summed E-state index contributed by atoms with van der Waals surface area (Å²) < 4.78 is 2.26. The number of para-hydroxylation sites is 1. The lowest BCUT2D eigenvalue weighted by molar-refractivity contribution is 0.954. The standard InChI is InChI=1S/C51H34N4SSi/c1-4-18-35(19-5-1)39-24-10-11-26-42(39)50-52-49(36-20-6-2-7-21-36)53-51(54-50)55-43-27-13-12-25-40(43)41-33-32-38(34-44(41)55)57(37-22-8-3-9-23-37)47-30-16-14-28-45(47)56-46-29-15-17-31-48(46)57/h1-34H. The number of nitrogens with zero attached hydrogens (tertiary/aromatic N) is 4. The largest absolute Gasteiger partial charge is 0.278 e. The summed E-state index contributed by atoms with van der Waals surface area (Å²) >= 11 is 1.88. The summed E-state index contributed by atoms with van der Waals surface area (Å²) in [5, 5.41) is 7.81. The van der Waals surface area contributed by atoms with Crippen molar-refractivity contribution in [3.05, 3.63) is 206 Å². The maximum atomic E-state index is 5.40. The molecule has 4 nitrogen and oxygen atoms in total. The number of benzene rings is 8. The minimum atomic E-state index is -2.83. The molecular weight excluding hydrogens is 729 g/mol. The van der Waals surface area contributed by atoms with Crippen LogP contribution in [0.2, 0.25) is 0 Å². The zero-order valence-electron chi connectivity index (χ0n) is 30.8. The van der Waals surface area contributed by atoms with Crippen molar-refractivity contribution in [3.63, 3.8) is 0 Å². The van der Waals surface area contributed by atoms with Crippen LogP contribution in [0.1, 0.15) is 0 Å². The maximum absolute atomic E-state index is 5.40. The fraction of sp³-hybridized carbons (Fsp3) is 0. The molecule has 1 aliphatic rings. The summed E-state index contributed by atoms with van der Waals surface area (Å²) in [6, 6.07) is 74.2. The fourth-order valence-corrected chi connectivity index (χ4v) is 15.7. The molecule has 0 N–H and O–H groups in total. The van der Waals surface area contributed by atoms with Crippen molar-refractivity contribution in [1.82, 2.24) is 19.5 Å². The minimum Gasteiger partial charge on any atom is -0.278 e. The molecule has 1 aliphatic heterocycles. The Morgan fingerprint density at radius 3 is 1.65 bits per heavy atom. The normalized spacial score (nSPS) is 13.0. The van der Waals surface area contributed by atoms with Crippen LogP contribution in [0, 0.1) is 0 Å². The summed E-state index contributed by atoms with van der Waals surface area (Å²) in [5.41, 5.74) is 6.19. The van der Waals surface area contributed by atoms with E-state index in [0.717, 1.165) is 44.1 Å². The van der Waals surface area contributed by atoms with Gasteiger partial charge in [-0.3, -0.25) is 4.57 Å². The van der Waals surface area contributed by atoms with Gasteiger partial charge in [0.2, 0.25) is 5.95 Å². The van der Waals surface area contributed by atoms with Crippen LogP contribution >= 0.6 is 11.8 Å². The molecule has 0 amide bonds. The summed E-state index contributed by atoms with van der Waals surface area (Å²) in [6.07, 6.45) is 0. The second-order valence-electron chi connectivity index (χ2n) is 14.4. The molecule has 11 rings (SSSR count). The van der Waals surface area contributed by atoms with E-state index in [2.05, 4.69) is 187 Å². The van der Waals surface area contributed by atoms with E-state index in [-0.39, 0.29) is 0 Å². The number of hydrogen-bond acceptors (Lipinski definition) is 4. The number of rotatable bonds is 6. The third-order valence-electron chi connectivity index (χ3n) is 11.2. The third kappa shape index (κ3) is 5.40. The lowest BCUT2D eigenvalue weighted by Crippen LogP contribution is -2.76. The van der Waals surface area contributed by atoms with Gasteiger partial charge in [0.05, 0.1) is 11.0 Å². The first-order valence-electron chi connectivity index (χ1n) is 19.2. The smallest absolute Gasteiger partial charge is 0.238 e. The molecule has 0 aliphatic carbocycles. The van der Waals surface area contributed by atoms with Gasteiger partial charge in [0.1, 0.15) is 0 Å². The highest BCUT2D eigenvalue weighted by Gasteiger charge is 2.47. The molecule has 268 valence electrons. The Balaban J connectivity index is 1.23. The molecule has 3 heterocycles. The Hall–Kier alpha value is -6.86. The average Bonchev–Trinajstić information content (AvgIpc) is 3.62. The molecule has 2 aromatic heterocycles. The maximum Gasteiger partial charge on any atom is 0.238 e. The first-order chi connectivity index (χ1) is 28.3. The molecule has 10 aromatic rings. The predicted molar refractivity (Wildman–Crippen MR) is 238 cm³/mol. The molecule has 0 radical (unpaired) electrons. The van der Waals surface area contributed by atoms with Crippen LogP contribution in [-0.2, 0) is 0 Å². The molecule has 0 bridgehead atoms. The lowest BCUT2D eigenvalue weighted by atomic mass is 9.99. The van der Waals surface area contributed by atoms with Gasteiger partial charge in [0.25, 0.3) is 0 Å². The molecule has 0 unspecified atom stereocenters. The Kier molecular flexibility index (Phi) is 8.05. The van der Waals surface area contributed by atoms with Crippen LogP contribution in [0.3, 0.4) is 0 Å². The number of fused-ring (bicyclic) bond motifs is 5. The number of aromatic nitrogens is 4. The Bertz CT molecular complexity index is 3060. The van der Waals surface area contributed by atoms with Gasteiger partial charge in [-0.1, -0.05) is 194 Å². The average molecular weight is 763 g/mol. The summed E-state index contributed by atoms with van der Waals surface area (Å²) in [5.74, 6) is 1.84. The quantitative estimate of drug-likeness (QED) is 0.158. The SMILES string of the molecule is c1ccc(-c2nc(-c3ccccc3-c3ccccc3)nc(-n3c4ccccc4c4ccc([Si]5(c6ccccc6)c6ccccc6Sc6ccccc65)cc43)n2)cc1. The monoisotopic (exact) mass is 762 g/mol. The molecule has 0 fully saturated rings. The third-order valence-corrected chi connectivity index (χ3v) is 17.6. The van der Waals surface area contributed by atoms with Crippen LogP contribution in [0.15, 0.2) is 216 Å². The first-order valence-corrected chi connectivity index (χ1v) is 22.0. The van der Waals surface area contributed by atoms with Crippen LogP contribution in [0.4, 0.5) is 0 Å². The molecule has 0 atom stereocenters. The van der Waals surface area contributed by atoms with E-state index >= 15 is 0 Å². The van der Waals surface area contributed by atoms with E-state index < -0.39 is 8.07 Å². The Labute approximate surface area is 336 Å². The van der Waals surface area contributed by atoms with Crippen LogP contribution in [0.5, 0.6) is 0 Å². The van der Waals surface area contributed by atoms with Gasteiger partial charge in [0, 0.05) is 31.7 Å². The van der Waals surface area contributed by atoms with E-state index in [1.165, 1.54) is 30.5 Å². The molecule has 8 aromatic carbocycles. The van der Waals surface area contributed by atoms with E-state index in [0.29, 0.717) is 17.6 Å². The van der Waals surface area contributed by atoms with E-state index in [1.54, 1.807) is 0 Å².